The summed E-state index contributed by atoms with van der Waals surface area (Å²) in [5.74, 6) is 0.511. The van der Waals surface area contributed by atoms with E-state index in [0.29, 0.717) is 17.4 Å². The van der Waals surface area contributed by atoms with Gasteiger partial charge in [0.25, 0.3) is 5.91 Å². The Bertz CT molecular complexity index is 687. The van der Waals surface area contributed by atoms with E-state index in [1.807, 2.05) is 28.9 Å². The molecule has 0 saturated carbocycles. The maximum atomic E-state index is 12.6. The second-order valence-corrected chi connectivity index (χ2v) is 6.47. The monoisotopic (exact) mass is 328 g/mol. The zero-order chi connectivity index (χ0) is 17.1. The van der Waals surface area contributed by atoms with Gasteiger partial charge in [-0.3, -0.25) is 9.48 Å². The Morgan fingerprint density at radius 1 is 1.29 bits per heavy atom. The minimum atomic E-state index is -0.0267. The highest BCUT2D eigenvalue weighted by atomic mass is 16.2. The normalized spacial score (nSPS) is 15.7. The summed E-state index contributed by atoms with van der Waals surface area (Å²) in [4.78, 5) is 23.0. The number of hydrogen-bond donors (Lipinski definition) is 1. The van der Waals surface area contributed by atoms with Gasteiger partial charge in [0, 0.05) is 37.7 Å². The number of nitrogens with zero attached hydrogens (tertiary/aromatic N) is 5. The van der Waals surface area contributed by atoms with Crippen LogP contribution in [0.1, 0.15) is 43.1 Å². The van der Waals surface area contributed by atoms with Crippen molar-refractivity contribution in [3.63, 3.8) is 0 Å². The third-order valence-electron chi connectivity index (χ3n) is 4.44. The van der Waals surface area contributed by atoms with Gasteiger partial charge in [-0.2, -0.15) is 5.10 Å². The van der Waals surface area contributed by atoms with Gasteiger partial charge in [0.1, 0.15) is 5.69 Å². The first-order valence-electron chi connectivity index (χ1n) is 8.41. The van der Waals surface area contributed by atoms with Crippen LogP contribution in [0.15, 0.2) is 24.7 Å². The van der Waals surface area contributed by atoms with Crippen molar-refractivity contribution in [1.29, 1.82) is 0 Å². The van der Waals surface area contributed by atoms with Crippen molar-refractivity contribution in [2.75, 3.05) is 20.1 Å². The van der Waals surface area contributed by atoms with E-state index < -0.39 is 0 Å². The van der Waals surface area contributed by atoms with Gasteiger partial charge < -0.3 is 10.2 Å². The van der Waals surface area contributed by atoms with Gasteiger partial charge >= 0.3 is 0 Å². The van der Waals surface area contributed by atoms with Crippen molar-refractivity contribution in [3.8, 4) is 11.5 Å². The molecule has 1 amide bonds. The largest absolute Gasteiger partial charge is 0.339 e. The van der Waals surface area contributed by atoms with Crippen molar-refractivity contribution in [1.82, 2.24) is 30.0 Å². The van der Waals surface area contributed by atoms with Gasteiger partial charge in [0.05, 0.1) is 5.56 Å². The Morgan fingerprint density at radius 3 is 2.54 bits per heavy atom. The molecular weight excluding hydrogens is 304 g/mol. The van der Waals surface area contributed by atoms with Crippen molar-refractivity contribution < 1.29 is 4.79 Å². The second kappa shape index (κ2) is 7.09. The lowest BCUT2D eigenvalue weighted by atomic mass is 10.0. The first kappa shape index (κ1) is 16.6. The highest BCUT2D eigenvalue weighted by Crippen LogP contribution is 2.16. The van der Waals surface area contributed by atoms with Crippen LogP contribution in [-0.2, 0) is 0 Å². The molecule has 3 rings (SSSR count). The fraction of sp³-hybridized carbons (Fsp3) is 0.529. The molecule has 1 aliphatic rings. The molecule has 2 aromatic heterocycles. The van der Waals surface area contributed by atoms with Crippen LogP contribution in [0.3, 0.4) is 0 Å². The Balaban J connectivity index is 1.72. The number of nitrogens with one attached hydrogen (secondary N) is 1. The smallest absolute Gasteiger partial charge is 0.256 e. The summed E-state index contributed by atoms with van der Waals surface area (Å²) in [7, 11) is 1.86. The summed E-state index contributed by atoms with van der Waals surface area (Å²) in [6.07, 6.45) is 7.06. The van der Waals surface area contributed by atoms with E-state index in [-0.39, 0.29) is 11.9 Å². The second-order valence-electron chi connectivity index (χ2n) is 6.47. The predicted molar refractivity (Wildman–Crippen MR) is 91.6 cm³/mol. The van der Waals surface area contributed by atoms with Crippen LogP contribution in [0.5, 0.6) is 0 Å². The molecule has 0 radical (unpaired) electrons. The number of carbonyl (C=O) groups is 1. The fourth-order valence-electron chi connectivity index (χ4n) is 2.88. The molecule has 0 bridgehead atoms. The lowest BCUT2D eigenvalue weighted by molar-refractivity contribution is 0.0702. The molecular formula is C17H24N6O. The Hall–Kier alpha value is -2.28. The summed E-state index contributed by atoms with van der Waals surface area (Å²) >= 11 is 0. The van der Waals surface area contributed by atoms with Crippen LogP contribution in [0.2, 0.25) is 0 Å². The van der Waals surface area contributed by atoms with Gasteiger partial charge in [-0.15, -0.1) is 0 Å². The number of rotatable bonds is 4. The molecule has 0 spiro atoms. The molecule has 0 aromatic carbocycles. The Labute approximate surface area is 142 Å². The third-order valence-corrected chi connectivity index (χ3v) is 4.44. The average Bonchev–Trinajstić information content (AvgIpc) is 3.12. The fourth-order valence-corrected chi connectivity index (χ4v) is 2.88. The van der Waals surface area contributed by atoms with Crippen LogP contribution in [0, 0.1) is 0 Å². The molecule has 7 heteroatoms. The number of carbonyl (C=O) groups excluding carboxylic acids is 1. The number of hydrogen-bond acceptors (Lipinski definition) is 5. The quantitative estimate of drug-likeness (QED) is 0.925. The minimum absolute atomic E-state index is 0.0267. The SMILES string of the molecule is CC(C)n1ccc(-c2ncc(C(=O)N(C)C3CCNCC3)cn2)n1. The number of aromatic nitrogens is 4. The van der Waals surface area contributed by atoms with Gasteiger partial charge in [0.2, 0.25) is 0 Å². The molecule has 2 aromatic rings. The third kappa shape index (κ3) is 3.46. The molecule has 24 heavy (non-hydrogen) atoms. The van der Waals surface area contributed by atoms with E-state index in [1.165, 1.54) is 0 Å². The van der Waals surface area contributed by atoms with E-state index in [0.717, 1.165) is 31.6 Å². The van der Waals surface area contributed by atoms with Crippen molar-refractivity contribution in [3.05, 3.63) is 30.2 Å². The molecule has 3 heterocycles. The predicted octanol–water partition coefficient (Wildman–Crippen LogP) is 1.74. The highest BCUT2D eigenvalue weighted by Gasteiger charge is 2.23. The summed E-state index contributed by atoms with van der Waals surface area (Å²) in [6, 6.07) is 2.45. The molecule has 1 N–H and O–H groups in total. The zero-order valence-corrected chi connectivity index (χ0v) is 14.4. The molecule has 128 valence electrons. The van der Waals surface area contributed by atoms with E-state index in [4.69, 9.17) is 0 Å². The summed E-state index contributed by atoms with van der Waals surface area (Å²) in [5.41, 5.74) is 1.23. The van der Waals surface area contributed by atoms with Crippen LogP contribution < -0.4 is 5.32 Å². The maximum Gasteiger partial charge on any atom is 0.256 e. The van der Waals surface area contributed by atoms with Crippen molar-refractivity contribution in [2.45, 2.75) is 38.8 Å². The van der Waals surface area contributed by atoms with Crippen LogP contribution in [0.25, 0.3) is 11.5 Å². The summed E-state index contributed by atoms with van der Waals surface area (Å²) in [6.45, 7) is 6.04. The average molecular weight is 328 g/mol. The Morgan fingerprint density at radius 2 is 1.96 bits per heavy atom. The zero-order valence-electron chi connectivity index (χ0n) is 14.4. The van der Waals surface area contributed by atoms with Gasteiger partial charge in [-0.05, 0) is 45.8 Å². The highest BCUT2D eigenvalue weighted by molar-refractivity contribution is 5.93. The van der Waals surface area contributed by atoms with E-state index >= 15 is 0 Å². The molecule has 0 unspecified atom stereocenters. The molecule has 1 fully saturated rings. The van der Waals surface area contributed by atoms with Gasteiger partial charge in [-0.1, -0.05) is 0 Å². The lowest BCUT2D eigenvalue weighted by Gasteiger charge is -2.31. The first-order chi connectivity index (χ1) is 11.6. The summed E-state index contributed by atoms with van der Waals surface area (Å²) in [5, 5.41) is 7.76. The maximum absolute atomic E-state index is 12.6. The van der Waals surface area contributed by atoms with Crippen molar-refractivity contribution in [2.24, 2.45) is 0 Å². The van der Waals surface area contributed by atoms with E-state index in [9.17, 15) is 4.79 Å². The van der Waals surface area contributed by atoms with Gasteiger partial charge in [0.15, 0.2) is 5.82 Å². The first-order valence-corrected chi connectivity index (χ1v) is 8.41. The van der Waals surface area contributed by atoms with E-state index in [2.05, 4.69) is 34.2 Å². The van der Waals surface area contributed by atoms with Crippen LogP contribution >= 0.6 is 0 Å². The van der Waals surface area contributed by atoms with E-state index in [1.54, 1.807) is 12.4 Å². The molecule has 1 saturated heterocycles. The molecule has 0 aliphatic carbocycles. The number of piperidine rings is 1. The van der Waals surface area contributed by atoms with Crippen molar-refractivity contribution >= 4 is 5.91 Å². The van der Waals surface area contributed by atoms with Crippen LogP contribution in [-0.4, -0.2) is 56.7 Å². The molecule has 0 atom stereocenters. The van der Waals surface area contributed by atoms with Gasteiger partial charge in [-0.25, -0.2) is 9.97 Å². The molecule has 1 aliphatic heterocycles. The lowest BCUT2D eigenvalue weighted by Crippen LogP contribution is -2.44. The minimum Gasteiger partial charge on any atom is -0.339 e. The molecule has 7 nitrogen and oxygen atoms in total. The standard InChI is InChI=1S/C17H24N6O/c1-12(2)23-9-6-15(21-23)16-19-10-13(11-20-16)17(24)22(3)14-4-7-18-8-5-14/h6,9-12,14,18H,4-5,7-8H2,1-3H3. The Kier molecular flexibility index (Phi) is 4.89. The summed E-state index contributed by atoms with van der Waals surface area (Å²) < 4.78 is 1.86. The van der Waals surface area contributed by atoms with Crippen LogP contribution in [0.4, 0.5) is 0 Å². The topological polar surface area (TPSA) is 75.9 Å². The number of amides is 1.